The second-order valence-electron chi connectivity index (χ2n) is 7.07. The van der Waals surface area contributed by atoms with Crippen LogP contribution in [0.4, 0.5) is 0 Å². The van der Waals surface area contributed by atoms with Gasteiger partial charge in [0.25, 0.3) is 0 Å². The molecule has 3 unspecified atom stereocenters. The number of methoxy groups -OCH3 is 1. The second-order valence-corrected chi connectivity index (χ2v) is 7.50. The maximum atomic E-state index is 12.3. The normalized spacial score (nSPS) is 25.8. The van der Waals surface area contributed by atoms with Gasteiger partial charge in [0.2, 0.25) is 11.8 Å². The summed E-state index contributed by atoms with van der Waals surface area (Å²) in [4.78, 5) is 14.5. The van der Waals surface area contributed by atoms with Crippen LogP contribution in [0.2, 0.25) is 5.02 Å². The molecule has 138 valence electrons. The zero-order chi connectivity index (χ0) is 18.1. The Labute approximate surface area is 157 Å². The number of nitrogens with zero attached hydrogens (tertiary/aromatic N) is 3. The lowest BCUT2D eigenvalue weighted by atomic mass is 9.85. The molecule has 0 amide bonds. The molecule has 1 aliphatic heterocycles. The molecule has 1 saturated carbocycles. The average molecular weight is 376 g/mol. The minimum Gasteiger partial charge on any atom is -0.468 e. The molecular formula is C19H22ClN3O3. The number of halogens is 1. The van der Waals surface area contributed by atoms with Crippen LogP contribution in [0.25, 0.3) is 11.5 Å². The molecule has 3 atom stereocenters. The van der Waals surface area contributed by atoms with E-state index in [-0.39, 0.29) is 12.0 Å². The van der Waals surface area contributed by atoms with Crippen LogP contribution in [0.3, 0.4) is 0 Å². The van der Waals surface area contributed by atoms with E-state index in [1.165, 1.54) is 26.4 Å². The van der Waals surface area contributed by atoms with E-state index in [1.807, 2.05) is 12.1 Å². The van der Waals surface area contributed by atoms with Crippen molar-refractivity contribution in [3.8, 4) is 11.5 Å². The molecule has 2 fully saturated rings. The highest BCUT2D eigenvalue weighted by atomic mass is 35.5. The van der Waals surface area contributed by atoms with Crippen LogP contribution in [0.1, 0.15) is 38.0 Å². The van der Waals surface area contributed by atoms with E-state index in [0.717, 1.165) is 18.4 Å². The third-order valence-electron chi connectivity index (χ3n) is 5.57. The molecule has 7 heteroatoms. The fraction of sp³-hybridized carbons (Fsp3) is 0.526. The monoisotopic (exact) mass is 375 g/mol. The predicted molar refractivity (Wildman–Crippen MR) is 96.5 cm³/mol. The molecule has 26 heavy (non-hydrogen) atoms. The first kappa shape index (κ1) is 17.5. The van der Waals surface area contributed by atoms with Gasteiger partial charge in [-0.1, -0.05) is 24.4 Å². The van der Waals surface area contributed by atoms with Crippen molar-refractivity contribution in [3.63, 3.8) is 0 Å². The molecule has 0 bridgehead atoms. The van der Waals surface area contributed by atoms with Crippen molar-refractivity contribution in [2.45, 2.75) is 50.7 Å². The molecule has 4 rings (SSSR count). The molecule has 2 heterocycles. The van der Waals surface area contributed by atoms with Gasteiger partial charge in [-0.3, -0.25) is 9.69 Å². The molecule has 0 radical (unpaired) electrons. The van der Waals surface area contributed by atoms with Gasteiger partial charge in [0.1, 0.15) is 6.04 Å². The van der Waals surface area contributed by atoms with Crippen LogP contribution in [0, 0.1) is 5.92 Å². The van der Waals surface area contributed by atoms with Gasteiger partial charge in [-0.2, -0.15) is 0 Å². The summed E-state index contributed by atoms with van der Waals surface area (Å²) in [6.07, 6.45) is 5.58. The van der Waals surface area contributed by atoms with E-state index in [2.05, 4.69) is 15.1 Å². The van der Waals surface area contributed by atoms with E-state index in [1.54, 1.807) is 12.1 Å². The predicted octanol–water partition coefficient (Wildman–Crippen LogP) is 3.70. The van der Waals surface area contributed by atoms with Crippen molar-refractivity contribution in [3.05, 3.63) is 35.2 Å². The van der Waals surface area contributed by atoms with Gasteiger partial charge in [-0.15, -0.1) is 10.2 Å². The fourth-order valence-electron chi connectivity index (χ4n) is 4.33. The Balaban J connectivity index is 1.54. The summed E-state index contributed by atoms with van der Waals surface area (Å²) >= 11 is 5.92. The zero-order valence-corrected chi connectivity index (χ0v) is 15.5. The molecule has 1 aliphatic carbocycles. The van der Waals surface area contributed by atoms with Gasteiger partial charge in [0.15, 0.2) is 0 Å². The second kappa shape index (κ2) is 7.37. The van der Waals surface area contributed by atoms with Crippen LogP contribution in [-0.4, -0.2) is 40.3 Å². The van der Waals surface area contributed by atoms with Crippen molar-refractivity contribution < 1.29 is 13.9 Å². The Morgan fingerprint density at radius 3 is 2.81 bits per heavy atom. The lowest BCUT2D eigenvalue weighted by molar-refractivity contribution is -0.146. The number of carbonyl (C=O) groups excluding carboxylic acids is 1. The first-order chi connectivity index (χ1) is 12.7. The summed E-state index contributed by atoms with van der Waals surface area (Å²) in [5.74, 6) is 1.36. The number of hydrogen-bond donors (Lipinski definition) is 0. The summed E-state index contributed by atoms with van der Waals surface area (Å²) in [6.45, 7) is 0.474. The largest absolute Gasteiger partial charge is 0.468 e. The van der Waals surface area contributed by atoms with Crippen LogP contribution >= 0.6 is 11.6 Å². The third kappa shape index (κ3) is 3.35. The van der Waals surface area contributed by atoms with E-state index in [0.29, 0.717) is 35.3 Å². The third-order valence-corrected chi connectivity index (χ3v) is 5.82. The molecule has 1 aromatic heterocycles. The summed E-state index contributed by atoms with van der Waals surface area (Å²) in [5, 5.41) is 9.00. The van der Waals surface area contributed by atoms with Crippen LogP contribution < -0.4 is 0 Å². The van der Waals surface area contributed by atoms with Gasteiger partial charge in [-0.05, 0) is 49.4 Å². The lowest BCUT2D eigenvalue weighted by Crippen LogP contribution is -2.42. The highest BCUT2D eigenvalue weighted by Gasteiger charge is 2.46. The van der Waals surface area contributed by atoms with Crippen LogP contribution in [0.5, 0.6) is 0 Å². The molecule has 2 aromatic rings. The first-order valence-corrected chi connectivity index (χ1v) is 9.45. The number of hydrogen-bond acceptors (Lipinski definition) is 6. The van der Waals surface area contributed by atoms with Gasteiger partial charge < -0.3 is 9.15 Å². The van der Waals surface area contributed by atoms with Gasteiger partial charge in [-0.25, -0.2) is 0 Å². The number of fused-ring (bicyclic) bond motifs is 1. The Hall–Kier alpha value is -1.92. The fourth-order valence-corrected chi connectivity index (χ4v) is 4.46. The molecule has 0 spiro atoms. The quantitative estimate of drug-likeness (QED) is 0.759. The van der Waals surface area contributed by atoms with E-state index in [4.69, 9.17) is 20.8 Å². The van der Waals surface area contributed by atoms with Crippen molar-refractivity contribution in [1.82, 2.24) is 15.1 Å². The minimum absolute atomic E-state index is 0.170. The number of esters is 1. The first-order valence-electron chi connectivity index (χ1n) is 9.07. The van der Waals surface area contributed by atoms with E-state index < -0.39 is 0 Å². The van der Waals surface area contributed by atoms with Gasteiger partial charge in [0.05, 0.1) is 13.7 Å². The summed E-state index contributed by atoms with van der Waals surface area (Å²) < 4.78 is 10.9. The van der Waals surface area contributed by atoms with Crippen molar-refractivity contribution in [2.75, 3.05) is 7.11 Å². The van der Waals surface area contributed by atoms with Crippen molar-refractivity contribution in [2.24, 2.45) is 5.92 Å². The molecule has 1 aromatic carbocycles. The Bertz CT molecular complexity index is 777. The van der Waals surface area contributed by atoms with E-state index >= 15 is 0 Å². The number of likely N-dealkylation sites (tertiary alicyclic amines) is 1. The standard InChI is InChI=1S/C19H22ClN3O3/c1-25-19(24)16-10-13-4-2-3-5-15(13)23(16)11-17-21-22-18(26-17)12-6-8-14(20)9-7-12/h6-9,13,15-16H,2-5,10-11H2,1H3. The van der Waals surface area contributed by atoms with Crippen molar-refractivity contribution >= 4 is 17.6 Å². The number of rotatable bonds is 4. The topological polar surface area (TPSA) is 68.5 Å². The average Bonchev–Trinajstić information content (AvgIpc) is 3.27. The van der Waals surface area contributed by atoms with Crippen LogP contribution in [0.15, 0.2) is 28.7 Å². The highest BCUT2D eigenvalue weighted by molar-refractivity contribution is 6.30. The number of aromatic nitrogens is 2. The van der Waals surface area contributed by atoms with E-state index in [9.17, 15) is 4.79 Å². The number of benzene rings is 1. The summed E-state index contributed by atoms with van der Waals surface area (Å²) in [5.41, 5.74) is 0.828. The zero-order valence-electron chi connectivity index (χ0n) is 14.7. The Morgan fingerprint density at radius 2 is 2.04 bits per heavy atom. The maximum Gasteiger partial charge on any atom is 0.323 e. The molecule has 6 nitrogen and oxygen atoms in total. The highest BCUT2D eigenvalue weighted by Crippen LogP contribution is 2.40. The number of carbonyl (C=O) groups is 1. The van der Waals surface area contributed by atoms with Gasteiger partial charge >= 0.3 is 5.97 Å². The molecule has 1 saturated heterocycles. The number of ether oxygens (including phenoxy) is 1. The van der Waals surface area contributed by atoms with Gasteiger partial charge in [0, 0.05) is 16.6 Å². The molecule has 2 aliphatic rings. The summed E-state index contributed by atoms with van der Waals surface area (Å²) in [7, 11) is 1.45. The lowest BCUT2D eigenvalue weighted by Gasteiger charge is -2.32. The SMILES string of the molecule is COC(=O)C1CC2CCCCC2N1Cc1nnc(-c2ccc(Cl)cc2)o1. The smallest absolute Gasteiger partial charge is 0.323 e. The van der Waals surface area contributed by atoms with Crippen LogP contribution in [-0.2, 0) is 16.1 Å². The Morgan fingerprint density at radius 1 is 1.27 bits per heavy atom. The van der Waals surface area contributed by atoms with Crippen molar-refractivity contribution in [1.29, 1.82) is 0 Å². The molecule has 0 N–H and O–H groups in total. The summed E-state index contributed by atoms with van der Waals surface area (Å²) in [6, 6.07) is 7.45. The molecular weight excluding hydrogens is 354 g/mol. The Kier molecular flexibility index (Phi) is 4.96. The minimum atomic E-state index is -0.223. The maximum absolute atomic E-state index is 12.3.